The molecule has 2 heterocycles. The molecule has 0 aliphatic carbocycles. The normalized spacial score (nSPS) is 23.8. The van der Waals surface area contributed by atoms with Crippen molar-refractivity contribution >= 4 is 29.5 Å². The maximum Gasteiger partial charge on any atom is 0.251 e. The van der Waals surface area contributed by atoms with Gasteiger partial charge in [-0.2, -0.15) is 0 Å². The second-order valence-corrected chi connectivity index (χ2v) is 10.7. The second-order valence-electron chi connectivity index (χ2n) is 10.7. The topological polar surface area (TPSA) is 146 Å². The van der Waals surface area contributed by atoms with Gasteiger partial charge in [-0.15, -0.1) is 0 Å². The molecule has 0 unspecified atom stereocenters. The van der Waals surface area contributed by atoms with E-state index in [2.05, 4.69) is 16.0 Å². The summed E-state index contributed by atoms with van der Waals surface area (Å²) in [4.78, 5) is 68.3. The number of hydrogen-bond donors (Lipinski definition) is 3. The van der Waals surface area contributed by atoms with E-state index in [4.69, 9.17) is 9.47 Å². The first-order valence-corrected chi connectivity index (χ1v) is 14.0. The van der Waals surface area contributed by atoms with E-state index >= 15 is 0 Å². The lowest BCUT2D eigenvalue weighted by Gasteiger charge is -2.38. The first-order chi connectivity index (χ1) is 20.5. The molecular weight excluding hydrogens is 561 g/mol. The number of nitrogens with one attached hydrogen (secondary N) is 3. The Labute approximate surface area is 248 Å². The highest BCUT2D eigenvalue weighted by Crippen LogP contribution is 2.20. The van der Waals surface area contributed by atoms with Crippen LogP contribution in [-0.4, -0.2) is 104 Å². The predicted molar refractivity (Wildman–Crippen MR) is 152 cm³/mol. The van der Waals surface area contributed by atoms with Crippen LogP contribution in [0.4, 0.5) is 4.39 Å². The molecule has 230 valence electrons. The zero-order valence-corrected chi connectivity index (χ0v) is 24.3. The summed E-state index contributed by atoms with van der Waals surface area (Å²) in [5.74, 6) is -3.11. The van der Waals surface area contributed by atoms with Gasteiger partial charge in [0.1, 0.15) is 12.1 Å². The predicted octanol–water partition coefficient (Wildman–Crippen LogP) is -0.207. The Kier molecular flexibility index (Phi) is 10.3. The quantitative estimate of drug-likeness (QED) is 0.433. The molecule has 3 N–H and O–H groups in total. The van der Waals surface area contributed by atoms with Gasteiger partial charge < -0.3 is 35.2 Å². The number of carbonyl (C=O) groups is 5. The number of ether oxygens (including phenoxy) is 2. The van der Waals surface area contributed by atoms with Gasteiger partial charge >= 0.3 is 0 Å². The average Bonchev–Trinajstić information content (AvgIpc) is 2.99. The number of likely N-dealkylation sites (N-methyl/N-ethyl adjacent to an activating group) is 1. The Morgan fingerprint density at radius 1 is 1.02 bits per heavy atom. The fourth-order valence-corrected chi connectivity index (χ4v) is 5.00. The van der Waals surface area contributed by atoms with E-state index in [-0.39, 0.29) is 50.7 Å². The van der Waals surface area contributed by atoms with E-state index in [1.54, 1.807) is 6.07 Å². The van der Waals surface area contributed by atoms with E-state index in [1.807, 2.05) is 30.3 Å². The monoisotopic (exact) mass is 597 g/mol. The van der Waals surface area contributed by atoms with Gasteiger partial charge in [0.25, 0.3) is 5.91 Å². The van der Waals surface area contributed by atoms with Crippen LogP contribution in [-0.2, 0) is 41.6 Å². The van der Waals surface area contributed by atoms with Crippen LogP contribution in [0.5, 0.6) is 5.75 Å². The van der Waals surface area contributed by atoms with Crippen molar-refractivity contribution in [2.24, 2.45) is 0 Å². The average molecular weight is 598 g/mol. The van der Waals surface area contributed by atoms with Gasteiger partial charge in [0.05, 0.1) is 32.7 Å². The number of fused-ring (bicyclic) bond motifs is 2. The first kappa shape index (κ1) is 31.4. The highest BCUT2D eigenvalue weighted by atomic mass is 19.1. The number of rotatable bonds is 5. The Hall–Kier alpha value is -4.52. The van der Waals surface area contributed by atoms with E-state index in [0.717, 1.165) is 5.56 Å². The van der Waals surface area contributed by atoms with Crippen LogP contribution in [0, 0.1) is 5.82 Å². The van der Waals surface area contributed by atoms with Gasteiger partial charge in [0.15, 0.2) is 17.7 Å². The van der Waals surface area contributed by atoms with Crippen molar-refractivity contribution in [2.75, 3.05) is 40.3 Å². The molecule has 43 heavy (non-hydrogen) atoms. The maximum atomic E-state index is 14.3. The second kappa shape index (κ2) is 14.1. The van der Waals surface area contributed by atoms with Crippen LogP contribution in [0.25, 0.3) is 0 Å². The Balaban J connectivity index is 1.59. The molecule has 2 saturated heterocycles. The Bertz CT molecular complexity index is 1360. The van der Waals surface area contributed by atoms with Gasteiger partial charge in [0.2, 0.25) is 23.6 Å². The zero-order chi connectivity index (χ0) is 31.1. The van der Waals surface area contributed by atoms with Crippen molar-refractivity contribution in [3.63, 3.8) is 0 Å². The highest BCUT2D eigenvalue weighted by molar-refractivity contribution is 5.93. The minimum atomic E-state index is -1.16. The van der Waals surface area contributed by atoms with Crippen LogP contribution in [0.3, 0.4) is 0 Å². The molecule has 12 nitrogen and oxygen atoms in total. The van der Waals surface area contributed by atoms with Crippen molar-refractivity contribution in [3.8, 4) is 5.75 Å². The molecule has 2 aliphatic rings. The number of amides is 5. The number of carbonyl (C=O) groups excluding carboxylic acids is 5. The third kappa shape index (κ3) is 8.28. The Morgan fingerprint density at radius 3 is 2.47 bits per heavy atom. The van der Waals surface area contributed by atoms with Crippen molar-refractivity contribution in [1.82, 2.24) is 25.8 Å². The summed E-state index contributed by atoms with van der Waals surface area (Å²) in [6.45, 7) is 1.07. The van der Waals surface area contributed by atoms with Crippen LogP contribution < -0.4 is 20.7 Å². The lowest BCUT2D eigenvalue weighted by molar-refractivity contribution is -0.157. The molecule has 4 rings (SSSR count). The molecule has 5 amide bonds. The zero-order valence-electron chi connectivity index (χ0n) is 24.3. The van der Waals surface area contributed by atoms with Crippen LogP contribution >= 0.6 is 0 Å². The van der Waals surface area contributed by atoms with Gasteiger partial charge in [-0.3, -0.25) is 24.0 Å². The van der Waals surface area contributed by atoms with Gasteiger partial charge in [0, 0.05) is 26.6 Å². The summed E-state index contributed by atoms with van der Waals surface area (Å²) in [6.07, 6.45) is -1.93. The summed E-state index contributed by atoms with van der Waals surface area (Å²) in [5, 5.41) is 8.02. The van der Waals surface area contributed by atoms with Crippen molar-refractivity contribution in [1.29, 1.82) is 0 Å². The molecule has 2 aromatic carbocycles. The lowest BCUT2D eigenvalue weighted by Crippen LogP contribution is -2.59. The van der Waals surface area contributed by atoms with Crippen molar-refractivity contribution in [2.45, 2.75) is 44.1 Å². The third-order valence-corrected chi connectivity index (χ3v) is 7.31. The van der Waals surface area contributed by atoms with E-state index in [9.17, 15) is 28.4 Å². The molecular formula is C30H36FN5O7. The fraction of sp³-hybridized carbons (Fsp3) is 0.433. The van der Waals surface area contributed by atoms with Crippen molar-refractivity contribution < 1.29 is 37.8 Å². The van der Waals surface area contributed by atoms with Gasteiger partial charge in [-0.1, -0.05) is 36.4 Å². The molecule has 0 spiro atoms. The SMILES string of the molecule is COc1ccc(CC(=O)N2C[C@@H]3CNC(=O)[C@@H](C)NC(=O)CN(C)C(=O)[C@@H](Cc4ccccc4)NC(=O)[C@@H](C2)O3)cc1F. The molecule has 0 radical (unpaired) electrons. The Morgan fingerprint density at radius 2 is 1.77 bits per heavy atom. The number of methoxy groups -OCH3 is 1. The fourth-order valence-electron chi connectivity index (χ4n) is 5.00. The largest absolute Gasteiger partial charge is 0.494 e. The molecule has 2 aliphatic heterocycles. The third-order valence-electron chi connectivity index (χ3n) is 7.31. The van der Waals surface area contributed by atoms with Crippen LogP contribution in [0.1, 0.15) is 18.1 Å². The number of hydrogen-bond acceptors (Lipinski definition) is 7. The number of halogens is 1. The maximum absolute atomic E-state index is 14.3. The molecule has 0 saturated carbocycles. The minimum absolute atomic E-state index is 0.0456. The van der Waals surface area contributed by atoms with E-state index < -0.39 is 53.7 Å². The summed E-state index contributed by atoms with van der Waals surface area (Å²) in [5.41, 5.74) is 1.20. The number of nitrogens with zero attached hydrogens (tertiary/aromatic N) is 2. The summed E-state index contributed by atoms with van der Waals surface area (Å²) in [7, 11) is 2.78. The summed E-state index contributed by atoms with van der Waals surface area (Å²) >= 11 is 0. The molecule has 4 atom stereocenters. The first-order valence-electron chi connectivity index (χ1n) is 14.0. The molecule has 2 aromatic rings. The minimum Gasteiger partial charge on any atom is -0.494 e. The van der Waals surface area contributed by atoms with Gasteiger partial charge in [-0.05, 0) is 30.2 Å². The number of morpholine rings is 1. The lowest BCUT2D eigenvalue weighted by atomic mass is 10.0. The molecule has 2 fully saturated rings. The molecule has 13 heteroatoms. The van der Waals surface area contributed by atoms with Crippen molar-refractivity contribution in [3.05, 3.63) is 65.5 Å². The van der Waals surface area contributed by atoms with Crippen LogP contribution in [0.15, 0.2) is 48.5 Å². The summed E-state index contributed by atoms with van der Waals surface area (Å²) in [6, 6.07) is 11.4. The number of benzene rings is 2. The summed E-state index contributed by atoms with van der Waals surface area (Å²) < 4.78 is 25.2. The smallest absolute Gasteiger partial charge is 0.251 e. The van der Waals surface area contributed by atoms with E-state index in [1.165, 1.54) is 43.0 Å². The molecule has 0 aromatic heterocycles. The molecule has 2 bridgehead atoms. The highest BCUT2D eigenvalue weighted by Gasteiger charge is 2.37. The van der Waals surface area contributed by atoms with Gasteiger partial charge in [-0.25, -0.2) is 4.39 Å². The standard InChI is InChI=1S/C30H36FN5O7/c1-18-28(39)32-14-21-15-36(27(38)13-20-9-10-24(42-3)22(31)11-20)16-25(43-21)29(40)34-23(12-19-7-5-4-6-8-19)30(41)35(2)17-26(37)33-18/h4-11,18,21,23,25H,12-17H2,1-3H3,(H,32,39)(H,33,37)(H,34,40)/t18-,21+,23-,25-/m1/s1. The van der Waals surface area contributed by atoms with Crippen LogP contribution in [0.2, 0.25) is 0 Å². The van der Waals surface area contributed by atoms with E-state index in [0.29, 0.717) is 5.56 Å².